The van der Waals surface area contributed by atoms with E-state index in [-0.39, 0.29) is 18.3 Å². The van der Waals surface area contributed by atoms with Crippen LogP contribution in [0.3, 0.4) is 0 Å². The van der Waals surface area contributed by atoms with Crippen LogP contribution < -0.4 is 15.0 Å². The Morgan fingerprint density at radius 1 is 1.08 bits per heavy atom. The monoisotopic (exact) mass is 517 g/mol. The number of ether oxygens (including phenoxy) is 1. The highest BCUT2D eigenvalue weighted by molar-refractivity contribution is 6.01. The van der Waals surface area contributed by atoms with E-state index >= 15 is 0 Å². The molecular weight excluding hydrogens is 486 g/mol. The fourth-order valence-electron chi connectivity index (χ4n) is 3.87. The van der Waals surface area contributed by atoms with Crippen LogP contribution in [0.2, 0.25) is 0 Å². The Balaban J connectivity index is 1.73. The molecule has 1 atom stereocenters. The van der Waals surface area contributed by atoms with Gasteiger partial charge < -0.3 is 14.5 Å². The molecule has 0 fully saturated rings. The molecule has 0 radical (unpaired) electrons. The van der Waals surface area contributed by atoms with Gasteiger partial charge in [-0.1, -0.05) is 0 Å². The van der Waals surface area contributed by atoms with Gasteiger partial charge in [0, 0.05) is 23.6 Å². The highest BCUT2D eigenvalue weighted by Gasteiger charge is 2.35. The Hall–Kier alpha value is -4.54. The Bertz CT molecular complexity index is 1370. The summed E-state index contributed by atoms with van der Waals surface area (Å²) in [5, 5.41) is 15.4. The van der Waals surface area contributed by atoms with Crippen molar-refractivity contribution in [1.29, 1.82) is 0 Å². The molecule has 1 N–H and O–H groups in total. The number of carbonyl (C=O) groups excluding carboxylic acids is 2. The van der Waals surface area contributed by atoms with Crippen LogP contribution in [0.1, 0.15) is 45.1 Å². The van der Waals surface area contributed by atoms with Crippen molar-refractivity contribution in [3.05, 3.63) is 72.2 Å². The van der Waals surface area contributed by atoms with E-state index in [9.17, 15) is 9.59 Å². The molecule has 3 heterocycles. The number of aryl methyl sites for hydroxylation is 1. The number of hydrogen-bond acceptors (Lipinski definition) is 8. The maximum atomic E-state index is 13.9. The third kappa shape index (κ3) is 6.41. The number of aromatic nitrogens is 5. The second-order valence-corrected chi connectivity index (χ2v) is 9.67. The largest absolute Gasteiger partial charge is 0.494 e. The first kappa shape index (κ1) is 26.5. The highest BCUT2D eigenvalue weighted by Crippen LogP contribution is 2.30. The van der Waals surface area contributed by atoms with Crippen LogP contribution in [-0.4, -0.2) is 49.2 Å². The van der Waals surface area contributed by atoms with Gasteiger partial charge in [0.25, 0.3) is 5.91 Å². The zero-order chi connectivity index (χ0) is 27.3. The number of hydrogen-bond donors (Lipinski definition) is 1. The van der Waals surface area contributed by atoms with E-state index in [1.807, 2.05) is 34.6 Å². The Labute approximate surface area is 220 Å². The molecule has 0 spiro atoms. The fourth-order valence-corrected chi connectivity index (χ4v) is 3.87. The van der Waals surface area contributed by atoms with Gasteiger partial charge in [0.2, 0.25) is 11.7 Å². The fraction of sp³-hybridized carbons (Fsp3) is 0.333. The first-order valence-electron chi connectivity index (χ1n) is 12.3. The molecule has 0 saturated heterocycles. The van der Waals surface area contributed by atoms with E-state index in [0.29, 0.717) is 35.1 Å². The van der Waals surface area contributed by atoms with Crippen molar-refractivity contribution in [2.75, 3.05) is 11.5 Å². The molecule has 198 valence electrons. The average molecular weight is 518 g/mol. The maximum Gasteiger partial charge on any atom is 0.251 e. The van der Waals surface area contributed by atoms with Gasteiger partial charge >= 0.3 is 0 Å². The molecule has 0 unspecified atom stereocenters. The molecule has 4 rings (SSSR count). The van der Waals surface area contributed by atoms with E-state index in [1.165, 1.54) is 9.70 Å². The predicted molar refractivity (Wildman–Crippen MR) is 140 cm³/mol. The number of pyridine rings is 1. The minimum Gasteiger partial charge on any atom is -0.494 e. The first-order valence-corrected chi connectivity index (χ1v) is 12.3. The lowest BCUT2D eigenvalue weighted by Crippen LogP contribution is -2.50. The molecule has 3 aromatic heterocycles. The number of tetrazole rings is 1. The molecule has 0 aliphatic carbocycles. The summed E-state index contributed by atoms with van der Waals surface area (Å²) in [7, 11) is 0. The van der Waals surface area contributed by atoms with Crippen LogP contribution in [0, 0.1) is 6.92 Å². The van der Waals surface area contributed by atoms with Gasteiger partial charge in [0.15, 0.2) is 5.76 Å². The molecule has 4 aromatic rings. The lowest BCUT2D eigenvalue weighted by Gasteiger charge is -2.33. The second-order valence-electron chi connectivity index (χ2n) is 9.67. The Morgan fingerprint density at radius 2 is 1.79 bits per heavy atom. The van der Waals surface area contributed by atoms with Crippen molar-refractivity contribution in [3.8, 4) is 17.3 Å². The van der Waals surface area contributed by atoms with Gasteiger partial charge in [-0.2, -0.15) is 4.80 Å². The van der Waals surface area contributed by atoms with Gasteiger partial charge in [-0.15, -0.1) is 10.2 Å². The van der Waals surface area contributed by atoms with Crippen molar-refractivity contribution in [2.45, 2.75) is 52.7 Å². The third-order valence-corrected chi connectivity index (χ3v) is 5.41. The smallest absolute Gasteiger partial charge is 0.251 e. The van der Waals surface area contributed by atoms with E-state index in [1.54, 1.807) is 60.9 Å². The standard InChI is InChI=1S/C27H31N7O4/c1-6-37-21-10-8-20(9-11-21)34(24(19-13-15-28-16-14-19)26(36)29-27(3,4)5)23(35)17-33-31-25(30-32-33)22-12-7-18(2)38-22/h7-16,24H,6,17H2,1-5H3,(H,29,36)/t24-/m0/s1. The summed E-state index contributed by atoms with van der Waals surface area (Å²) in [5.74, 6) is 1.31. The predicted octanol–water partition coefficient (Wildman–Crippen LogP) is 3.72. The van der Waals surface area contributed by atoms with Crippen molar-refractivity contribution in [3.63, 3.8) is 0 Å². The normalized spacial score (nSPS) is 12.1. The Kier molecular flexibility index (Phi) is 7.85. The van der Waals surface area contributed by atoms with Gasteiger partial charge in [0.05, 0.1) is 6.61 Å². The number of carbonyl (C=O) groups is 2. The van der Waals surface area contributed by atoms with Crippen molar-refractivity contribution >= 4 is 17.5 Å². The van der Waals surface area contributed by atoms with E-state index in [2.05, 4.69) is 25.7 Å². The van der Waals surface area contributed by atoms with Gasteiger partial charge in [0.1, 0.15) is 24.1 Å². The molecule has 0 bridgehead atoms. The Morgan fingerprint density at radius 3 is 2.39 bits per heavy atom. The molecule has 38 heavy (non-hydrogen) atoms. The number of amides is 2. The van der Waals surface area contributed by atoms with Crippen LogP contribution in [0.25, 0.3) is 11.6 Å². The molecule has 11 nitrogen and oxygen atoms in total. The minimum atomic E-state index is -0.988. The van der Waals surface area contributed by atoms with E-state index < -0.39 is 17.5 Å². The summed E-state index contributed by atoms with van der Waals surface area (Å²) in [4.78, 5) is 34.3. The number of benzene rings is 1. The zero-order valence-corrected chi connectivity index (χ0v) is 22.1. The van der Waals surface area contributed by atoms with Crippen molar-refractivity contribution in [2.24, 2.45) is 0 Å². The second kappa shape index (κ2) is 11.2. The molecule has 0 aliphatic rings. The maximum absolute atomic E-state index is 13.9. The number of anilines is 1. The summed E-state index contributed by atoms with van der Waals surface area (Å²) in [6.45, 7) is 9.60. The SMILES string of the molecule is CCOc1ccc(N(C(=O)Cn2nnc(-c3ccc(C)o3)n2)[C@H](C(=O)NC(C)(C)C)c2ccncc2)cc1. The topological polar surface area (TPSA) is 128 Å². The van der Waals surface area contributed by atoms with Crippen LogP contribution in [0.15, 0.2) is 65.3 Å². The number of nitrogens with zero attached hydrogens (tertiary/aromatic N) is 6. The van der Waals surface area contributed by atoms with Crippen LogP contribution in [0.5, 0.6) is 5.75 Å². The van der Waals surface area contributed by atoms with Gasteiger partial charge in [-0.3, -0.25) is 19.5 Å². The molecule has 1 aromatic carbocycles. The molecule has 0 saturated carbocycles. The van der Waals surface area contributed by atoms with Gasteiger partial charge in [-0.25, -0.2) is 0 Å². The number of nitrogens with one attached hydrogen (secondary N) is 1. The quantitative estimate of drug-likeness (QED) is 0.356. The lowest BCUT2D eigenvalue weighted by molar-refractivity contribution is -0.128. The highest BCUT2D eigenvalue weighted by atomic mass is 16.5. The summed E-state index contributed by atoms with van der Waals surface area (Å²) in [6, 6.07) is 13.0. The van der Waals surface area contributed by atoms with Gasteiger partial charge in [-0.05, 0) is 93.9 Å². The minimum absolute atomic E-state index is 0.259. The average Bonchev–Trinajstić information content (AvgIpc) is 3.51. The molecule has 0 aliphatic heterocycles. The van der Waals surface area contributed by atoms with Crippen LogP contribution in [-0.2, 0) is 16.1 Å². The van der Waals surface area contributed by atoms with Crippen molar-refractivity contribution in [1.82, 2.24) is 30.5 Å². The summed E-state index contributed by atoms with van der Waals surface area (Å²) in [5.41, 5.74) is 0.577. The summed E-state index contributed by atoms with van der Waals surface area (Å²) >= 11 is 0. The molecular formula is C27H31N7O4. The first-order chi connectivity index (χ1) is 18.1. The van der Waals surface area contributed by atoms with Crippen LogP contribution in [0.4, 0.5) is 5.69 Å². The lowest BCUT2D eigenvalue weighted by atomic mass is 10.0. The zero-order valence-electron chi connectivity index (χ0n) is 22.1. The molecule has 11 heteroatoms. The molecule has 2 amide bonds. The third-order valence-electron chi connectivity index (χ3n) is 5.41. The number of rotatable bonds is 9. The summed E-state index contributed by atoms with van der Waals surface area (Å²) in [6.07, 6.45) is 3.17. The van der Waals surface area contributed by atoms with E-state index in [0.717, 1.165) is 0 Å². The van der Waals surface area contributed by atoms with Crippen molar-refractivity contribution < 1.29 is 18.7 Å². The van der Waals surface area contributed by atoms with E-state index in [4.69, 9.17) is 9.15 Å². The summed E-state index contributed by atoms with van der Waals surface area (Å²) < 4.78 is 11.1. The van der Waals surface area contributed by atoms with Crippen LogP contribution >= 0.6 is 0 Å². The number of furan rings is 1.